The quantitative estimate of drug-likeness (QED) is 0.670. The average Bonchev–Trinajstić information content (AvgIpc) is 2.79. The van der Waals surface area contributed by atoms with Crippen molar-refractivity contribution in [2.75, 3.05) is 6.54 Å². The highest BCUT2D eigenvalue weighted by molar-refractivity contribution is 5.77. The lowest BCUT2D eigenvalue weighted by Gasteiger charge is -2.08. The van der Waals surface area contributed by atoms with Crippen molar-refractivity contribution in [2.45, 2.75) is 38.1 Å². The summed E-state index contributed by atoms with van der Waals surface area (Å²) in [5, 5.41) is 3.37. The normalized spacial score (nSPS) is 33.5. The zero-order chi connectivity index (χ0) is 9.26. The van der Waals surface area contributed by atoms with Crippen molar-refractivity contribution in [3.8, 4) is 0 Å². The Hall–Kier alpha value is -0.570. The molecule has 13 heavy (non-hydrogen) atoms. The molecule has 3 heteroatoms. The topological polar surface area (TPSA) is 55.1 Å². The maximum Gasteiger partial charge on any atom is 0.221 e. The van der Waals surface area contributed by atoms with Crippen LogP contribution in [0.5, 0.6) is 0 Å². The molecule has 0 aromatic rings. The van der Waals surface area contributed by atoms with E-state index >= 15 is 0 Å². The van der Waals surface area contributed by atoms with Crippen LogP contribution in [0, 0.1) is 11.8 Å². The average molecular weight is 182 g/mol. The molecule has 1 heterocycles. The summed E-state index contributed by atoms with van der Waals surface area (Å²) >= 11 is 0. The third-order valence-corrected chi connectivity index (χ3v) is 3.24. The number of hydrogen-bond donors (Lipinski definition) is 2. The van der Waals surface area contributed by atoms with Gasteiger partial charge in [0.15, 0.2) is 0 Å². The van der Waals surface area contributed by atoms with Crippen LogP contribution in [0.3, 0.4) is 0 Å². The second-order valence-corrected chi connectivity index (χ2v) is 4.46. The SMILES string of the molecule is NC(=O)C1CNC(CCC2CC2)C1. The van der Waals surface area contributed by atoms with Crippen molar-refractivity contribution in [3.63, 3.8) is 0 Å². The monoisotopic (exact) mass is 182 g/mol. The van der Waals surface area contributed by atoms with Crippen molar-refractivity contribution in [1.29, 1.82) is 0 Å². The van der Waals surface area contributed by atoms with Gasteiger partial charge in [0.05, 0.1) is 5.92 Å². The lowest BCUT2D eigenvalue weighted by atomic mass is 10.0. The molecule has 2 aliphatic rings. The standard InChI is InChI=1S/C10H18N2O/c11-10(13)8-5-9(12-6-8)4-3-7-1-2-7/h7-9,12H,1-6H2,(H2,11,13). The first-order valence-electron chi connectivity index (χ1n) is 5.28. The Morgan fingerprint density at radius 1 is 1.38 bits per heavy atom. The molecule has 0 radical (unpaired) electrons. The second-order valence-electron chi connectivity index (χ2n) is 4.46. The van der Waals surface area contributed by atoms with Gasteiger partial charge in [-0.3, -0.25) is 4.79 Å². The van der Waals surface area contributed by atoms with Gasteiger partial charge in [-0.25, -0.2) is 0 Å². The van der Waals surface area contributed by atoms with Crippen LogP contribution in [0.4, 0.5) is 0 Å². The van der Waals surface area contributed by atoms with E-state index in [4.69, 9.17) is 5.73 Å². The summed E-state index contributed by atoms with van der Waals surface area (Å²) in [6.07, 6.45) is 6.37. The van der Waals surface area contributed by atoms with Gasteiger partial charge in [0.25, 0.3) is 0 Å². The van der Waals surface area contributed by atoms with E-state index in [0.29, 0.717) is 6.04 Å². The minimum Gasteiger partial charge on any atom is -0.369 e. The smallest absolute Gasteiger partial charge is 0.221 e. The first kappa shape index (κ1) is 9.00. The molecule has 3 N–H and O–H groups in total. The number of carbonyl (C=O) groups is 1. The molecular weight excluding hydrogens is 164 g/mol. The summed E-state index contributed by atoms with van der Waals surface area (Å²) in [6, 6.07) is 0.554. The van der Waals surface area contributed by atoms with E-state index in [1.54, 1.807) is 0 Å². The zero-order valence-electron chi connectivity index (χ0n) is 7.96. The van der Waals surface area contributed by atoms with E-state index in [9.17, 15) is 4.79 Å². The molecule has 2 rings (SSSR count). The summed E-state index contributed by atoms with van der Waals surface area (Å²) in [5.74, 6) is 0.944. The van der Waals surface area contributed by atoms with Crippen molar-refractivity contribution in [1.82, 2.24) is 5.32 Å². The van der Waals surface area contributed by atoms with E-state index in [0.717, 1.165) is 18.9 Å². The molecule has 2 unspecified atom stereocenters. The molecule has 1 saturated heterocycles. The maximum absolute atomic E-state index is 10.9. The highest BCUT2D eigenvalue weighted by Crippen LogP contribution is 2.34. The first-order valence-corrected chi connectivity index (χ1v) is 5.28. The summed E-state index contributed by atoms with van der Waals surface area (Å²) in [6.45, 7) is 0.796. The first-order chi connectivity index (χ1) is 6.25. The molecule has 1 saturated carbocycles. The van der Waals surface area contributed by atoms with Crippen LogP contribution >= 0.6 is 0 Å². The van der Waals surface area contributed by atoms with E-state index in [-0.39, 0.29) is 11.8 Å². The lowest BCUT2D eigenvalue weighted by Crippen LogP contribution is -2.25. The lowest BCUT2D eigenvalue weighted by molar-refractivity contribution is -0.121. The molecule has 0 bridgehead atoms. The van der Waals surface area contributed by atoms with Crippen LogP contribution in [0.1, 0.15) is 32.1 Å². The molecular formula is C10H18N2O. The van der Waals surface area contributed by atoms with Gasteiger partial charge in [0.1, 0.15) is 0 Å². The predicted octanol–water partition coefficient (Wildman–Crippen LogP) is 0.640. The Kier molecular flexibility index (Phi) is 2.54. The van der Waals surface area contributed by atoms with Gasteiger partial charge in [0.2, 0.25) is 5.91 Å². The molecule has 3 nitrogen and oxygen atoms in total. The fourth-order valence-corrected chi connectivity index (χ4v) is 2.10. The maximum atomic E-state index is 10.9. The van der Waals surface area contributed by atoms with Gasteiger partial charge in [-0.2, -0.15) is 0 Å². The Morgan fingerprint density at radius 2 is 2.15 bits per heavy atom. The molecule has 74 valence electrons. The fraction of sp³-hybridized carbons (Fsp3) is 0.900. The highest BCUT2D eigenvalue weighted by atomic mass is 16.1. The summed E-state index contributed by atoms with van der Waals surface area (Å²) in [5.41, 5.74) is 5.25. The predicted molar refractivity (Wildman–Crippen MR) is 51.1 cm³/mol. The van der Waals surface area contributed by atoms with Crippen LogP contribution in [0.2, 0.25) is 0 Å². The van der Waals surface area contributed by atoms with E-state index in [1.165, 1.54) is 25.7 Å². The molecule has 1 amide bonds. The van der Waals surface area contributed by atoms with Crippen LogP contribution in [0.25, 0.3) is 0 Å². The number of hydrogen-bond acceptors (Lipinski definition) is 2. The molecule has 0 spiro atoms. The van der Waals surface area contributed by atoms with Crippen LogP contribution in [-0.2, 0) is 4.79 Å². The Labute approximate surface area is 79.1 Å². The zero-order valence-corrected chi connectivity index (χ0v) is 7.96. The summed E-state index contributed by atoms with van der Waals surface area (Å²) < 4.78 is 0. The summed E-state index contributed by atoms with van der Waals surface area (Å²) in [4.78, 5) is 10.9. The largest absolute Gasteiger partial charge is 0.369 e. The molecule has 2 fully saturated rings. The molecule has 2 atom stereocenters. The van der Waals surface area contributed by atoms with Crippen molar-refractivity contribution >= 4 is 5.91 Å². The number of amides is 1. The summed E-state index contributed by atoms with van der Waals surface area (Å²) in [7, 11) is 0. The van der Waals surface area contributed by atoms with Gasteiger partial charge in [-0.15, -0.1) is 0 Å². The van der Waals surface area contributed by atoms with Crippen molar-refractivity contribution in [3.05, 3.63) is 0 Å². The number of nitrogens with one attached hydrogen (secondary N) is 1. The van der Waals surface area contributed by atoms with Crippen molar-refractivity contribution < 1.29 is 4.79 Å². The highest BCUT2D eigenvalue weighted by Gasteiger charge is 2.29. The second kappa shape index (κ2) is 3.66. The number of primary amides is 1. The van der Waals surface area contributed by atoms with Gasteiger partial charge >= 0.3 is 0 Å². The molecule has 1 aliphatic heterocycles. The Morgan fingerprint density at radius 3 is 2.69 bits per heavy atom. The number of carbonyl (C=O) groups excluding carboxylic acids is 1. The van der Waals surface area contributed by atoms with Crippen LogP contribution in [-0.4, -0.2) is 18.5 Å². The molecule has 1 aliphatic carbocycles. The van der Waals surface area contributed by atoms with Gasteiger partial charge in [-0.05, 0) is 25.2 Å². The number of nitrogens with two attached hydrogens (primary N) is 1. The third kappa shape index (κ3) is 2.44. The minimum absolute atomic E-state index is 0.0872. The van der Waals surface area contributed by atoms with Crippen LogP contribution in [0.15, 0.2) is 0 Å². The van der Waals surface area contributed by atoms with E-state index in [1.807, 2.05) is 0 Å². The minimum atomic E-state index is -0.138. The Bertz CT molecular complexity index is 201. The number of rotatable bonds is 4. The third-order valence-electron chi connectivity index (χ3n) is 3.24. The van der Waals surface area contributed by atoms with Crippen LogP contribution < -0.4 is 11.1 Å². The Balaban J connectivity index is 1.67. The van der Waals surface area contributed by atoms with E-state index < -0.39 is 0 Å². The molecule has 0 aromatic carbocycles. The fourth-order valence-electron chi connectivity index (χ4n) is 2.10. The van der Waals surface area contributed by atoms with Gasteiger partial charge in [0, 0.05) is 12.6 Å². The van der Waals surface area contributed by atoms with E-state index in [2.05, 4.69) is 5.32 Å². The molecule has 0 aromatic heterocycles. The van der Waals surface area contributed by atoms with Gasteiger partial charge < -0.3 is 11.1 Å². The van der Waals surface area contributed by atoms with Crippen molar-refractivity contribution in [2.24, 2.45) is 17.6 Å². The van der Waals surface area contributed by atoms with Gasteiger partial charge in [-0.1, -0.05) is 12.8 Å².